The van der Waals surface area contributed by atoms with Crippen molar-refractivity contribution >= 4 is 17.4 Å². The van der Waals surface area contributed by atoms with Crippen LogP contribution in [0, 0.1) is 6.92 Å². The van der Waals surface area contributed by atoms with E-state index < -0.39 is 0 Å². The summed E-state index contributed by atoms with van der Waals surface area (Å²) < 4.78 is 1.77. The highest BCUT2D eigenvalue weighted by atomic mass is 32.1. The summed E-state index contributed by atoms with van der Waals surface area (Å²) in [5.74, 6) is 0.410. The van der Waals surface area contributed by atoms with Gasteiger partial charge in [0, 0.05) is 37.6 Å². The molecule has 2 rings (SSSR count). The van der Waals surface area contributed by atoms with E-state index in [1.54, 1.807) is 20.9 Å². The zero-order chi connectivity index (χ0) is 17.9. The van der Waals surface area contributed by atoms with Crippen LogP contribution in [0.5, 0.6) is 0 Å². The lowest BCUT2D eigenvalue weighted by Crippen LogP contribution is -2.39. The Morgan fingerprint density at radius 3 is 2.67 bits per heavy atom. The van der Waals surface area contributed by atoms with Crippen LogP contribution in [0.4, 0.5) is 4.79 Å². The molecule has 0 radical (unpaired) electrons. The van der Waals surface area contributed by atoms with Crippen molar-refractivity contribution in [2.24, 2.45) is 7.05 Å². The van der Waals surface area contributed by atoms with Crippen LogP contribution in [0.15, 0.2) is 12.4 Å². The van der Waals surface area contributed by atoms with Crippen molar-refractivity contribution in [1.82, 2.24) is 25.0 Å². The highest BCUT2D eigenvalue weighted by Crippen LogP contribution is 2.31. The van der Waals surface area contributed by atoms with Crippen LogP contribution in [-0.2, 0) is 13.5 Å². The van der Waals surface area contributed by atoms with Gasteiger partial charge in [0.25, 0.3) is 0 Å². The molecule has 2 aromatic rings. The Kier molecular flexibility index (Phi) is 5.99. The van der Waals surface area contributed by atoms with Gasteiger partial charge in [0.2, 0.25) is 0 Å². The minimum Gasteiger partial charge on any atom is -0.338 e. The molecule has 0 bridgehead atoms. The van der Waals surface area contributed by atoms with Gasteiger partial charge >= 0.3 is 6.03 Å². The summed E-state index contributed by atoms with van der Waals surface area (Å²) >= 11 is 1.70. The van der Waals surface area contributed by atoms with Crippen molar-refractivity contribution in [1.29, 1.82) is 0 Å². The van der Waals surface area contributed by atoms with Gasteiger partial charge in [0.1, 0.15) is 0 Å². The minimum absolute atomic E-state index is 0.00777. The smallest absolute Gasteiger partial charge is 0.317 e. The maximum atomic E-state index is 12.4. The van der Waals surface area contributed by atoms with Crippen LogP contribution in [0.3, 0.4) is 0 Å². The summed E-state index contributed by atoms with van der Waals surface area (Å²) in [5.41, 5.74) is 2.14. The molecule has 0 aliphatic rings. The number of aromatic nitrogens is 3. The summed E-state index contributed by atoms with van der Waals surface area (Å²) in [6, 6.07) is -0.0568. The van der Waals surface area contributed by atoms with Crippen LogP contribution in [0.1, 0.15) is 53.9 Å². The van der Waals surface area contributed by atoms with Crippen LogP contribution >= 0.6 is 11.3 Å². The lowest BCUT2D eigenvalue weighted by molar-refractivity contribution is 0.195. The summed E-state index contributed by atoms with van der Waals surface area (Å²) in [7, 11) is 3.72. The summed E-state index contributed by atoms with van der Waals surface area (Å²) in [6.07, 6.45) is 4.57. The van der Waals surface area contributed by atoms with Crippen LogP contribution < -0.4 is 5.32 Å². The highest BCUT2D eigenvalue weighted by molar-refractivity contribution is 7.11. The average molecular weight is 350 g/mol. The quantitative estimate of drug-likeness (QED) is 0.871. The molecule has 24 heavy (non-hydrogen) atoms. The molecule has 0 spiro atoms. The van der Waals surface area contributed by atoms with E-state index in [9.17, 15) is 4.79 Å². The number of rotatable bonds is 6. The Bertz CT molecular complexity index is 691. The summed E-state index contributed by atoms with van der Waals surface area (Å²) in [4.78, 5) is 19.9. The summed E-state index contributed by atoms with van der Waals surface area (Å²) in [6.45, 7) is 8.94. The fourth-order valence-electron chi connectivity index (χ4n) is 2.46. The largest absolute Gasteiger partial charge is 0.338 e. The highest BCUT2D eigenvalue weighted by Gasteiger charge is 2.22. The third kappa shape index (κ3) is 4.35. The maximum absolute atomic E-state index is 12.4. The van der Waals surface area contributed by atoms with Crippen LogP contribution in [0.2, 0.25) is 0 Å². The molecule has 132 valence electrons. The summed E-state index contributed by atoms with van der Waals surface area (Å²) in [5, 5.41) is 8.23. The number of thiazole rings is 1. The first-order valence-corrected chi connectivity index (χ1v) is 9.06. The van der Waals surface area contributed by atoms with Gasteiger partial charge in [-0.05, 0) is 25.8 Å². The van der Waals surface area contributed by atoms with E-state index in [4.69, 9.17) is 0 Å². The fourth-order valence-corrected chi connectivity index (χ4v) is 3.62. The van der Waals surface area contributed by atoms with Crippen LogP contribution in [0.25, 0.3) is 0 Å². The van der Waals surface area contributed by atoms with Gasteiger partial charge in [-0.3, -0.25) is 4.68 Å². The van der Waals surface area contributed by atoms with Gasteiger partial charge in [-0.25, -0.2) is 9.78 Å². The Hall–Kier alpha value is -1.89. The normalized spacial score (nSPS) is 12.5. The second-order valence-electron chi connectivity index (χ2n) is 6.45. The van der Waals surface area contributed by atoms with E-state index in [0.717, 1.165) is 27.6 Å². The molecule has 0 saturated carbocycles. The fraction of sp³-hybridized carbons (Fsp3) is 0.588. The predicted molar refractivity (Wildman–Crippen MR) is 97.4 cm³/mol. The van der Waals surface area contributed by atoms with E-state index in [2.05, 4.69) is 29.2 Å². The zero-order valence-electron chi connectivity index (χ0n) is 15.3. The Balaban J connectivity index is 1.91. The Morgan fingerprint density at radius 2 is 2.12 bits per heavy atom. The van der Waals surface area contributed by atoms with Crippen molar-refractivity contribution in [3.05, 3.63) is 33.5 Å². The molecule has 1 N–H and O–H groups in total. The first kappa shape index (κ1) is 18.4. The molecule has 0 fully saturated rings. The van der Waals surface area contributed by atoms with E-state index in [1.165, 1.54) is 0 Å². The predicted octanol–water partition coefficient (Wildman–Crippen LogP) is 3.25. The number of amides is 2. The first-order chi connectivity index (χ1) is 11.3. The number of urea groups is 1. The van der Waals surface area contributed by atoms with Crippen molar-refractivity contribution in [3.8, 4) is 0 Å². The van der Waals surface area contributed by atoms with E-state index in [0.29, 0.717) is 12.5 Å². The number of aryl methyl sites for hydroxylation is 2. The molecule has 6 nitrogen and oxygen atoms in total. The van der Waals surface area contributed by atoms with E-state index in [-0.39, 0.29) is 12.1 Å². The number of hydrogen-bond donors (Lipinski definition) is 1. The molecule has 0 aliphatic carbocycles. The third-order valence-corrected chi connectivity index (χ3v) is 5.70. The molecular formula is C17H27N5OS. The lowest BCUT2D eigenvalue weighted by Gasteiger charge is -2.24. The van der Waals surface area contributed by atoms with Crippen LogP contribution in [-0.4, -0.2) is 39.3 Å². The molecule has 0 aromatic carbocycles. The van der Waals surface area contributed by atoms with Gasteiger partial charge in [-0.2, -0.15) is 5.10 Å². The number of hydrogen-bond acceptors (Lipinski definition) is 4. The molecule has 2 heterocycles. The molecule has 2 amide bonds. The van der Waals surface area contributed by atoms with Gasteiger partial charge < -0.3 is 10.2 Å². The van der Waals surface area contributed by atoms with Crippen molar-refractivity contribution < 1.29 is 4.79 Å². The maximum Gasteiger partial charge on any atom is 0.317 e. The monoisotopic (exact) mass is 349 g/mol. The molecule has 0 aliphatic heterocycles. The van der Waals surface area contributed by atoms with Gasteiger partial charge in [0.05, 0.1) is 22.9 Å². The average Bonchev–Trinajstić information content (AvgIpc) is 3.11. The molecule has 2 aromatic heterocycles. The topological polar surface area (TPSA) is 63.1 Å². The Morgan fingerprint density at radius 1 is 1.42 bits per heavy atom. The molecule has 7 heteroatoms. The van der Waals surface area contributed by atoms with Gasteiger partial charge in [0.15, 0.2) is 0 Å². The SMILES string of the molecule is Cc1nc(C(C)C)sc1C(C)N(C)C(=O)NCCc1cnn(C)c1. The second-order valence-corrected chi connectivity index (χ2v) is 7.51. The zero-order valence-corrected chi connectivity index (χ0v) is 16.1. The van der Waals surface area contributed by atoms with Crippen molar-refractivity contribution in [2.75, 3.05) is 13.6 Å². The number of nitrogens with one attached hydrogen (secondary N) is 1. The van der Waals surface area contributed by atoms with E-state index in [1.807, 2.05) is 40.3 Å². The standard InChI is InChI=1S/C17H27N5OS/c1-11(2)16-20-12(3)15(24-16)13(4)22(6)17(23)18-8-7-14-9-19-21(5)10-14/h9-11,13H,7-8H2,1-6H3,(H,18,23). The molecular weight excluding hydrogens is 322 g/mol. The number of nitrogens with zero attached hydrogens (tertiary/aromatic N) is 4. The lowest BCUT2D eigenvalue weighted by atomic mass is 10.2. The molecule has 1 unspecified atom stereocenters. The first-order valence-electron chi connectivity index (χ1n) is 8.25. The number of carbonyl (C=O) groups excluding carboxylic acids is 1. The molecule has 1 atom stereocenters. The van der Waals surface area contributed by atoms with Crippen molar-refractivity contribution in [2.45, 2.75) is 46.1 Å². The molecule has 0 saturated heterocycles. The van der Waals surface area contributed by atoms with Gasteiger partial charge in [-0.1, -0.05) is 13.8 Å². The minimum atomic E-state index is -0.0645. The third-order valence-electron chi connectivity index (χ3n) is 4.07. The van der Waals surface area contributed by atoms with Gasteiger partial charge in [-0.15, -0.1) is 11.3 Å². The second kappa shape index (κ2) is 7.79. The van der Waals surface area contributed by atoms with E-state index >= 15 is 0 Å². The van der Waals surface area contributed by atoms with Crippen molar-refractivity contribution in [3.63, 3.8) is 0 Å². The Labute approximate surface area is 147 Å². The number of carbonyl (C=O) groups is 1.